The Balaban J connectivity index is 1.28. The zero-order chi connectivity index (χ0) is 21.9. The van der Waals surface area contributed by atoms with Crippen molar-refractivity contribution in [2.45, 2.75) is 102 Å². The summed E-state index contributed by atoms with van der Waals surface area (Å²) in [6.45, 7) is 0. The van der Waals surface area contributed by atoms with Gasteiger partial charge in [-0.3, -0.25) is 0 Å². The Bertz CT molecular complexity index is 719. The van der Waals surface area contributed by atoms with Crippen LogP contribution in [0, 0.1) is 34.9 Å². The summed E-state index contributed by atoms with van der Waals surface area (Å²) < 4.78 is 25.9. The molecule has 0 atom stereocenters. The van der Waals surface area contributed by atoms with Gasteiger partial charge in [0.2, 0.25) is 0 Å². The first-order valence-corrected chi connectivity index (χ1v) is 12.6. The van der Waals surface area contributed by atoms with E-state index < -0.39 is 0 Å². The zero-order valence-electron chi connectivity index (χ0n) is 19.0. The lowest BCUT2D eigenvalue weighted by molar-refractivity contribution is 0.222. The molecule has 0 aliphatic heterocycles. The summed E-state index contributed by atoms with van der Waals surface area (Å²) in [6, 6.07) is 7.09. The smallest absolute Gasteiger partial charge is 0.141 e. The van der Waals surface area contributed by atoms with E-state index in [0.717, 1.165) is 49.0 Å². The summed E-state index contributed by atoms with van der Waals surface area (Å²) in [5.74, 6) is 2.79. The second kappa shape index (κ2) is 13.0. The minimum absolute atomic E-state index is 0.151. The molecule has 1 aromatic carbocycles. The van der Waals surface area contributed by atoms with Crippen molar-refractivity contribution in [2.75, 3.05) is 0 Å². The van der Waals surface area contributed by atoms with Crippen LogP contribution in [-0.4, -0.2) is 0 Å². The summed E-state index contributed by atoms with van der Waals surface area (Å²) in [5.41, 5.74) is 1.23. The highest BCUT2D eigenvalue weighted by molar-refractivity contribution is 5.34. The van der Waals surface area contributed by atoms with E-state index in [1.807, 2.05) is 12.1 Å². The number of halogens is 2. The normalized spacial score (nSPS) is 26.7. The lowest BCUT2D eigenvalue weighted by Crippen LogP contribution is -2.18. The Kier molecular flexibility index (Phi) is 10.0. The summed E-state index contributed by atoms with van der Waals surface area (Å²) in [5, 5.41) is 8.91. The van der Waals surface area contributed by atoms with E-state index in [-0.39, 0.29) is 11.4 Å². The van der Waals surface area contributed by atoms with Crippen LogP contribution in [0.1, 0.15) is 113 Å². The maximum absolute atomic E-state index is 13.9. The van der Waals surface area contributed by atoms with E-state index in [9.17, 15) is 8.78 Å². The standard InChI is InChI=1S/C28H39F2N/c29-19-5-3-1-2-4-6-22-7-9-23(10-8-22)11-12-24-13-15-25(16-14-24)26-17-18-27(21-31)28(30)20-26/h5,17-20,22-25H,1-4,6-16H2. The second-order valence-corrected chi connectivity index (χ2v) is 10.0. The molecular weight excluding hydrogens is 388 g/mol. The van der Waals surface area contributed by atoms with Crippen molar-refractivity contribution in [1.29, 1.82) is 5.26 Å². The lowest BCUT2D eigenvalue weighted by Gasteiger charge is -2.32. The van der Waals surface area contributed by atoms with Crippen molar-refractivity contribution in [3.05, 3.63) is 47.5 Å². The fourth-order valence-electron chi connectivity index (χ4n) is 5.88. The highest BCUT2D eigenvalue weighted by atomic mass is 19.1. The van der Waals surface area contributed by atoms with Crippen LogP contribution in [0.2, 0.25) is 0 Å². The molecule has 2 saturated carbocycles. The van der Waals surface area contributed by atoms with Crippen molar-refractivity contribution in [1.82, 2.24) is 0 Å². The summed E-state index contributed by atoms with van der Waals surface area (Å²) in [7, 11) is 0. The average molecular weight is 428 g/mol. The van der Waals surface area contributed by atoms with Gasteiger partial charge in [0, 0.05) is 0 Å². The molecule has 3 heteroatoms. The van der Waals surface area contributed by atoms with Gasteiger partial charge in [0.25, 0.3) is 0 Å². The Hall–Kier alpha value is -1.69. The Morgan fingerprint density at radius 2 is 1.45 bits per heavy atom. The van der Waals surface area contributed by atoms with Gasteiger partial charge in [-0.25, -0.2) is 8.78 Å². The molecule has 0 spiro atoms. The first kappa shape index (κ1) is 24.0. The van der Waals surface area contributed by atoms with Crippen LogP contribution in [0.15, 0.2) is 30.6 Å². The molecule has 2 fully saturated rings. The molecule has 31 heavy (non-hydrogen) atoms. The molecule has 1 nitrogen and oxygen atoms in total. The molecule has 2 aliphatic carbocycles. The third-order valence-electron chi connectivity index (χ3n) is 7.95. The molecule has 0 aromatic heterocycles. The van der Waals surface area contributed by atoms with Crippen molar-refractivity contribution in [3.8, 4) is 6.07 Å². The Morgan fingerprint density at radius 3 is 2.03 bits per heavy atom. The minimum Gasteiger partial charge on any atom is -0.216 e. The van der Waals surface area contributed by atoms with Gasteiger partial charge in [-0.1, -0.05) is 69.9 Å². The monoisotopic (exact) mass is 427 g/mol. The number of hydrogen-bond acceptors (Lipinski definition) is 1. The van der Waals surface area contributed by atoms with E-state index in [1.165, 1.54) is 70.6 Å². The van der Waals surface area contributed by atoms with Gasteiger partial charge in [-0.15, -0.1) is 0 Å². The van der Waals surface area contributed by atoms with Crippen LogP contribution in [0.3, 0.4) is 0 Å². The summed E-state index contributed by atoms with van der Waals surface area (Å²) >= 11 is 0. The van der Waals surface area contributed by atoms with Crippen LogP contribution >= 0.6 is 0 Å². The Morgan fingerprint density at radius 1 is 0.839 bits per heavy atom. The first-order valence-electron chi connectivity index (χ1n) is 12.6. The van der Waals surface area contributed by atoms with Crippen LogP contribution in [0.25, 0.3) is 0 Å². The molecule has 0 unspecified atom stereocenters. The predicted octanol–water partition coefficient (Wildman–Crippen LogP) is 8.99. The van der Waals surface area contributed by atoms with Gasteiger partial charge in [-0.05, 0) is 79.9 Å². The lowest BCUT2D eigenvalue weighted by atomic mass is 9.74. The first-order chi connectivity index (χ1) is 15.2. The van der Waals surface area contributed by atoms with Crippen molar-refractivity contribution in [2.24, 2.45) is 17.8 Å². The summed E-state index contributed by atoms with van der Waals surface area (Å²) in [4.78, 5) is 0. The number of nitriles is 1. The zero-order valence-corrected chi connectivity index (χ0v) is 19.0. The quantitative estimate of drug-likeness (QED) is 0.342. The maximum Gasteiger partial charge on any atom is 0.141 e. The molecule has 0 N–H and O–H groups in total. The van der Waals surface area contributed by atoms with E-state index in [1.54, 1.807) is 18.2 Å². The molecule has 0 bridgehead atoms. The highest BCUT2D eigenvalue weighted by Crippen LogP contribution is 2.40. The number of hydrogen-bond donors (Lipinski definition) is 0. The molecule has 0 radical (unpaired) electrons. The number of allylic oxidation sites excluding steroid dienone is 1. The van der Waals surface area contributed by atoms with E-state index in [4.69, 9.17) is 5.26 Å². The molecular formula is C28H39F2N. The number of unbranched alkanes of at least 4 members (excludes halogenated alkanes) is 3. The van der Waals surface area contributed by atoms with Crippen molar-refractivity contribution in [3.63, 3.8) is 0 Å². The van der Waals surface area contributed by atoms with Gasteiger partial charge in [0.15, 0.2) is 0 Å². The number of rotatable bonds is 10. The number of nitrogens with zero attached hydrogens (tertiary/aromatic N) is 1. The van der Waals surface area contributed by atoms with Gasteiger partial charge in [0.05, 0.1) is 11.9 Å². The van der Waals surface area contributed by atoms with E-state index in [0.29, 0.717) is 12.2 Å². The fourth-order valence-corrected chi connectivity index (χ4v) is 5.88. The molecule has 1 aromatic rings. The second-order valence-electron chi connectivity index (χ2n) is 10.0. The molecule has 0 amide bonds. The summed E-state index contributed by atoms with van der Waals surface area (Å²) in [6.07, 6.45) is 21.5. The molecule has 170 valence electrons. The Labute approximate surface area is 187 Å². The number of benzene rings is 1. The van der Waals surface area contributed by atoms with Crippen molar-refractivity contribution < 1.29 is 8.78 Å². The molecule has 0 heterocycles. The fraction of sp³-hybridized carbons (Fsp3) is 0.679. The largest absolute Gasteiger partial charge is 0.216 e. The molecule has 2 aliphatic rings. The van der Waals surface area contributed by atoms with Crippen LogP contribution in [-0.2, 0) is 0 Å². The van der Waals surface area contributed by atoms with E-state index >= 15 is 0 Å². The minimum atomic E-state index is -0.369. The third kappa shape index (κ3) is 7.74. The predicted molar refractivity (Wildman–Crippen MR) is 124 cm³/mol. The SMILES string of the molecule is N#Cc1ccc(C2CCC(CCC3CCC(CCCCCC=CF)CC3)CC2)cc1F. The van der Waals surface area contributed by atoms with Crippen LogP contribution in [0.4, 0.5) is 8.78 Å². The third-order valence-corrected chi connectivity index (χ3v) is 7.95. The molecule has 3 rings (SSSR count). The molecule has 0 saturated heterocycles. The van der Waals surface area contributed by atoms with Gasteiger partial charge in [0.1, 0.15) is 11.9 Å². The van der Waals surface area contributed by atoms with Crippen molar-refractivity contribution >= 4 is 0 Å². The van der Waals surface area contributed by atoms with Crippen LogP contribution < -0.4 is 0 Å². The average Bonchev–Trinajstić information content (AvgIpc) is 2.81. The van der Waals surface area contributed by atoms with Gasteiger partial charge >= 0.3 is 0 Å². The van der Waals surface area contributed by atoms with Crippen LogP contribution in [0.5, 0.6) is 0 Å². The topological polar surface area (TPSA) is 23.8 Å². The highest BCUT2D eigenvalue weighted by Gasteiger charge is 2.25. The maximum atomic E-state index is 13.9. The van der Waals surface area contributed by atoms with Gasteiger partial charge in [-0.2, -0.15) is 5.26 Å². The van der Waals surface area contributed by atoms with E-state index in [2.05, 4.69) is 0 Å². The van der Waals surface area contributed by atoms with Gasteiger partial charge < -0.3 is 0 Å².